The molecule has 1 amide bonds. The van der Waals surface area contributed by atoms with E-state index in [1.54, 1.807) is 0 Å². The number of nitrogens with zero attached hydrogens (tertiary/aromatic N) is 1. The van der Waals surface area contributed by atoms with Crippen molar-refractivity contribution in [2.24, 2.45) is 0 Å². The molecule has 21 heavy (non-hydrogen) atoms. The lowest BCUT2D eigenvalue weighted by Crippen LogP contribution is -2.25. The number of carbonyl (C=O) groups excluding carboxylic acids is 2. The number of methoxy groups -OCH3 is 1. The van der Waals surface area contributed by atoms with Gasteiger partial charge in [-0.05, 0) is 12.5 Å². The van der Waals surface area contributed by atoms with Crippen molar-refractivity contribution in [2.45, 2.75) is 12.8 Å². The standard InChI is InChI=1S/C12H12Cl2N2O5/c1-21-10(17)3-2-4-15-12(18)7-5-8(13)11(14)9(6-7)16(19)20/h5-6H,2-4H2,1H3,(H,15,18). The Morgan fingerprint density at radius 1 is 1.38 bits per heavy atom. The molecule has 0 spiro atoms. The lowest BCUT2D eigenvalue weighted by Gasteiger charge is -2.06. The fourth-order valence-corrected chi connectivity index (χ4v) is 1.87. The SMILES string of the molecule is COC(=O)CCCNC(=O)c1cc(Cl)c(Cl)c([N+](=O)[O-])c1. The number of hydrogen-bond donors (Lipinski definition) is 1. The minimum absolute atomic E-state index is 0.0224. The zero-order valence-corrected chi connectivity index (χ0v) is 12.5. The van der Waals surface area contributed by atoms with E-state index in [1.165, 1.54) is 13.2 Å². The molecule has 0 unspecified atom stereocenters. The fraction of sp³-hybridized carbons (Fsp3) is 0.333. The van der Waals surface area contributed by atoms with Crippen molar-refractivity contribution in [1.29, 1.82) is 0 Å². The molecule has 114 valence electrons. The molecule has 9 heteroatoms. The Morgan fingerprint density at radius 3 is 2.62 bits per heavy atom. The maximum absolute atomic E-state index is 11.8. The average Bonchev–Trinajstić information content (AvgIpc) is 2.45. The van der Waals surface area contributed by atoms with Crippen molar-refractivity contribution in [2.75, 3.05) is 13.7 Å². The van der Waals surface area contributed by atoms with Crippen LogP contribution in [-0.2, 0) is 9.53 Å². The van der Waals surface area contributed by atoms with Crippen molar-refractivity contribution in [1.82, 2.24) is 5.32 Å². The third-order valence-electron chi connectivity index (χ3n) is 2.54. The molecule has 1 aromatic rings. The van der Waals surface area contributed by atoms with Crippen LogP contribution in [0.1, 0.15) is 23.2 Å². The van der Waals surface area contributed by atoms with Crippen LogP contribution in [0.15, 0.2) is 12.1 Å². The van der Waals surface area contributed by atoms with Crippen LogP contribution < -0.4 is 5.32 Å². The molecule has 1 rings (SSSR count). The molecule has 1 N–H and O–H groups in total. The Bertz CT molecular complexity index is 577. The highest BCUT2D eigenvalue weighted by atomic mass is 35.5. The molecule has 0 saturated heterocycles. The maximum atomic E-state index is 11.8. The van der Waals surface area contributed by atoms with E-state index < -0.39 is 16.5 Å². The van der Waals surface area contributed by atoms with E-state index in [0.29, 0.717) is 6.42 Å². The average molecular weight is 335 g/mol. The Labute approximate surface area is 130 Å². The second-order valence-electron chi connectivity index (χ2n) is 3.98. The fourth-order valence-electron chi connectivity index (χ4n) is 1.48. The molecule has 0 bridgehead atoms. The summed E-state index contributed by atoms with van der Waals surface area (Å²) in [7, 11) is 1.27. The summed E-state index contributed by atoms with van der Waals surface area (Å²) in [6, 6.07) is 2.29. The second kappa shape index (κ2) is 7.80. The predicted octanol–water partition coefficient (Wildman–Crippen LogP) is 2.58. The first-order chi connectivity index (χ1) is 9.86. The zero-order chi connectivity index (χ0) is 16.0. The summed E-state index contributed by atoms with van der Waals surface area (Å²) in [6.07, 6.45) is 0.556. The summed E-state index contributed by atoms with van der Waals surface area (Å²) in [6.45, 7) is 0.224. The van der Waals surface area contributed by atoms with Crippen LogP contribution in [-0.4, -0.2) is 30.5 Å². The van der Waals surface area contributed by atoms with Crippen molar-refractivity contribution in [3.8, 4) is 0 Å². The van der Waals surface area contributed by atoms with Gasteiger partial charge in [-0.15, -0.1) is 0 Å². The highest BCUT2D eigenvalue weighted by molar-refractivity contribution is 6.43. The maximum Gasteiger partial charge on any atom is 0.305 e. The molecule has 7 nitrogen and oxygen atoms in total. The van der Waals surface area contributed by atoms with Gasteiger partial charge in [0.15, 0.2) is 0 Å². The number of nitro groups is 1. The van der Waals surface area contributed by atoms with Gasteiger partial charge in [0, 0.05) is 24.6 Å². The number of rotatable bonds is 6. The lowest BCUT2D eigenvalue weighted by atomic mass is 10.2. The summed E-state index contributed by atoms with van der Waals surface area (Å²) in [5.41, 5.74) is -0.418. The van der Waals surface area contributed by atoms with Crippen LogP contribution >= 0.6 is 23.2 Å². The number of nitro benzene ring substituents is 1. The van der Waals surface area contributed by atoms with Gasteiger partial charge < -0.3 is 10.1 Å². The minimum atomic E-state index is -0.720. The highest BCUT2D eigenvalue weighted by Gasteiger charge is 2.19. The Morgan fingerprint density at radius 2 is 2.05 bits per heavy atom. The molecule has 0 heterocycles. The first-order valence-corrected chi connectivity index (χ1v) is 6.61. The molecule has 0 atom stereocenters. The molecule has 0 fully saturated rings. The third-order valence-corrected chi connectivity index (χ3v) is 3.33. The van der Waals surface area contributed by atoms with Crippen LogP contribution in [0.25, 0.3) is 0 Å². The van der Waals surface area contributed by atoms with Gasteiger partial charge >= 0.3 is 5.97 Å². The van der Waals surface area contributed by atoms with Crippen molar-refractivity contribution in [3.05, 3.63) is 37.9 Å². The number of benzene rings is 1. The third kappa shape index (κ3) is 4.87. The van der Waals surface area contributed by atoms with E-state index in [1.807, 2.05) is 0 Å². The van der Waals surface area contributed by atoms with Gasteiger partial charge in [0.1, 0.15) is 5.02 Å². The van der Waals surface area contributed by atoms with E-state index in [0.717, 1.165) is 6.07 Å². The predicted molar refractivity (Wildman–Crippen MR) is 76.7 cm³/mol. The molecule has 0 aliphatic rings. The number of esters is 1. The first-order valence-electron chi connectivity index (χ1n) is 5.85. The zero-order valence-electron chi connectivity index (χ0n) is 11.0. The molecular weight excluding hydrogens is 323 g/mol. The van der Waals surface area contributed by atoms with Gasteiger partial charge in [0.2, 0.25) is 0 Å². The van der Waals surface area contributed by atoms with E-state index in [9.17, 15) is 19.7 Å². The number of amides is 1. The molecule has 0 aliphatic heterocycles. The second-order valence-corrected chi connectivity index (χ2v) is 4.77. The normalized spacial score (nSPS) is 10.0. The van der Waals surface area contributed by atoms with Crippen LogP contribution in [0.5, 0.6) is 0 Å². The summed E-state index contributed by atoms with van der Waals surface area (Å²) in [5, 5.41) is 13.0. The topological polar surface area (TPSA) is 98.5 Å². The van der Waals surface area contributed by atoms with Gasteiger partial charge in [0.25, 0.3) is 11.6 Å². The van der Waals surface area contributed by atoms with Gasteiger partial charge in [-0.25, -0.2) is 0 Å². The summed E-state index contributed by atoms with van der Waals surface area (Å²) in [5.74, 6) is -0.920. The van der Waals surface area contributed by atoms with Gasteiger partial charge in [-0.3, -0.25) is 19.7 Å². The Kier molecular flexibility index (Phi) is 6.39. The number of hydrogen-bond acceptors (Lipinski definition) is 5. The van der Waals surface area contributed by atoms with Crippen molar-refractivity contribution in [3.63, 3.8) is 0 Å². The summed E-state index contributed by atoms with van der Waals surface area (Å²) < 4.78 is 4.45. The number of carbonyl (C=O) groups is 2. The number of ether oxygens (including phenoxy) is 1. The van der Waals surface area contributed by atoms with Crippen LogP contribution in [0.3, 0.4) is 0 Å². The summed E-state index contributed by atoms with van der Waals surface area (Å²) in [4.78, 5) is 32.8. The summed E-state index contributed by atoms with van der Waals surface area (Å²) >= 11 is 11.4. The molecule has 0 aliphatic carbocycles. The Hall–Kier alpha value is -1.86. The van der Waals surface area contributed by atoms with E-state index in [4.69, 9.17) is 23.2 Å². The molecule has 0 aromatic heterocycles. The van der Waals surface area contributed by atoms with E-state index in [2.05, 4.69) is 10.1 Å². The largest absolute Gasteiger partial charge is 0.469 e. The van der Waals surface area contributed by atoms with Crippen LogP contribution in [0.2, 0.25) is 10.0 Å². The smallest absolute Gasteiger partial charge is 0.305 e. The molecular formula is C12H12Cl2N2O5. The molecule has 0 saturated carbocycles. The van der Waals surface area contributed by atoms with Crippen molar-refractivity contribution < 1.29 is 19.2 Å². The van der Waals surface area contributed by atoms with Crippen molar-refractivity contribution >= 4 is 40.8 Å². The number of nitrogens with one attached hydrogen (secondary N) is 1. The van der Waals surface area contributed by atoms with Crippen LogP contribution in [0.4, 0.5) is 5.69 Å². The lowest BCUT2D eigenvalue weighted by molar-refractivity contribution is -0.384. The highest BCUT2D eigenvalue weighted by Crippen LogP contribution is 2.32. The number of halogens is 2. The molecule has 1 aromatic carbocycles. The molecule has 0 radical (unpaired) electrons. The quantitative estimate of drug-likeness (QED) is 0.373. The van der Waals surface area contributed by atoms with E-state index >= 15 is 0 Å². The van der Waals surface area contributed by atoms with E-state index in [-0.39, 0.29) is 34.5 Å². The minimum Gasteiger partial charge on any atom is -0.469 e. The monoisotopic (exact) mass is 334 g/mol. The van der Waals surface area contributed by atoms with Gasteiger partial charge in [0.05, 0.1) is 17.1 Å². The van der Waals surface area contributed by atoms with Gasteiger partial charge in [-0.1, -0.05) is 23.2 Å². The van der Waals surface area contributed by atoms with Crippen LogP contribution in [0, 0.1) is 10.1 Å². The first kappa shape index (κ1) is 17.2. The Balaban J connectivity index is 2.70. The van der Waals surface area contributed by atoms with Gasteiger partial charge in [-0.2, -0.15) is 0 Å².